The van der Waals surface area contributed by atoms with Gasteiger partial charge in [0, 0.05) is 5.69 Å². The van der Waals surface area contributed by atoms with Gasteiger partial charge >= 0.3 is 0 Å². The molecule has 1 heterocycles. The Hall–Kier alpha value is -3.18. The van der Waals surface area contributed by atoms with Crippen LogP contribution in [0.4, 0.5) is 17.1 Å². The molecule has 0 aromatic heterocycles. The first-order valence-electron chi connectivity index (χ1n) is 9.31. The Bertz CT molecular complexity index is 1100. The maximum absolute atomic E-state index is 13.1. The van der Waals surface area contributed by atoms with E-state index in [1.165, 1.54) is 5.56 Å². The first kappa shape index (κ1) is 19.2. The molecule has 3 aromatic rings. The quantitative estimate of drug-likeness (QED) is 0.527. The fourth-order valence-corrected chi connectivity index (χ4v) is 3.52. The molecule has 1 aliphatic heterocycles. The summed E-state index contributed by atoms with van der Waals surface area (Å²) in [5.41, 5.74) is 5.41. The molecule has 1 aliphatic rings. The summed E-state index contributed by atoms with van der Waals surface area (Å²) in [5.74, 6) is 0.397. The number of para-hydroxylation sites is 1. The average Bonchev–Trinajstić information content (AvgIpc) is 2.96. The van der Waals surface area contributed by atoms with Crippen LogP contribution in [0.15, 0.2) is 94.0 Å². The van der Waals surface area contributed by atoms with E-state index in [0.717, 1.165) is 22.6 Å². The Morgan fingerprint density at radius 3 is 2.03 bits per heavy atom. The first-order chi connectivity index (χ1) is 14.0. The molecular formula is C24H20BrN3O. The second kappa shape index (κ2) is 8.05. The van der Waals surface area contributed by atoms with Gasteiger partial charge in [0.05, 0.1) is 11.4 Å². The number of benzene rings is 3. The number of halogens is 1. The van der Waals surface area contributed by atoms with Crippen molar-refractivity contribution < 1.29 is 4.79 Å². The predicted octanol–water partition coefficient (Wildman–Crippen LogP) is 6.10. The van der Waals surface area contributed by atoms with E-state index in [2.05, 4.69) is 21.2 Å². The summed E-state index contributed by atoms with van der Waals surface area (Å²) in [7, 11) is 0. The maximum atomic E-state index is 13.1. The van der Waals surface area contributed by atoms with E-state index in [-0.39, 0.29) is 5.91 Å². The molecule has 0 atom stereocenters. The Balaban J connectivity index is 1.81. The van der Waals surface area contributed by atoms with Gasteiger partial charge in [0.1, 0.15) is 10.2 Å². The fourth-order valence-electron chi connectivity index (χ4n) is 3.07. The van der Waals surface area contributed by atoms with Crippen LogP contribution in [-0.4, -0.2) is 11.7 Å². The van der Waals surface area contributed by atoms with Gasteiger partial charge in [0.2, 0.25) is 0 Å². The van der Waals surface area contributed by atoms with Crippen LogP contribution in [0.5, 0.6) is 0 Å². The maximum Gasteiger partial charge on any atom is 0.273 e. The number of nitrogens with zero attached hydrogens (tertiary/aromatic N) is 2. The lowest BCUT2D eigenvalue weighted by molar-refractivity contribution is -0.113. The third-order valence-electron chi connectivity index (χ3n) is 4.65. The van der Waals surface area contributed by atoms with Crippen molar-refractivity contribution in [3.8, 4) is 0 Å². The lowest BCUT2D eigenvalue weighted by atomic mass is 10.2. The highest BCUT2D eigenvalue weighted by Gasteiger charge is 2.36. The summed E-state index contributed by atoms with van der Waals surface area (Å²) in [6.45, 7) is 4.08. The van der Waals surface area contributed by atoms with Crippen LogP contribution >= 0.6 is 15.9 Å². The zero-order chi connectivity index (χ0) is 20.4. The van der Waals surface area contributed by atoms with Crippen molar-refractivity contribution in [3.63, 3.8) is 0 Å². The number of carbonyl (C=O) groups is 1. The lowest BCUT2D eigenvalue weighted by Gasteiger charge is -2.19. The summed E-state index contributed by atoms with van der Waals surface area (Å²) < 4.78 is 0.452. The summed E-state index contributed by atoms with van der Waals surface area (Å²) in [6.07, 6.45) is 0. The van der Waals surface area contributed by atoms with Crippen molar-refractivity contribution in [2.75, 3.05) is 10.2 Å². The monoisotopic (exact) mass is 445 g/mol. The Kier molecular flexibility index (Phi) is 5.32. The number of amidine groups is 1. The van der Waals surface area contributed by atoms with E-state index in [0.29, 0.717) is 16.0 Å². The number of hydrogen-bond acceptors (Lipinski definition) is 3. The minimum absolute atomic E-state index is 0.156. The smallest absolute Gasteiger partial charge is 0.273 e. The third kappa shape index (κ3) is 4.00. The summed E-state index contributed by atoms with van der Waals surface area (Å²) in [5, 5.41) is 3.37. The van der Waals surface area contributed by atoms with Gasteiger partial charge in [-0.05, 0) is 66.2 Å². The highest BCUT2D eigenvalue weighted by atomic mass is 79.9. The van der Waals surface area contributed by atoms with Gasteiger partial charge in [-0.15, -0.1) is 0 Å². The van der Waals surface area contributed by atoms with Crippen LogP contribution in [0.2, 0.25) is 0 Å². The highest BCUT2D eigenvalue weighted by Crippen LogP contribution is 2.33. The second-order valence-corrected chi connectivity index (χ2v) is 7.72. The van der Waals surface area contributed by atoms with E-state index in [1.807, 2.05) is 92.7 Å². The highest BCUT2D eigenvalue weighted by molar-refractivity contribution is 9.12. The summed E-state index contributed by atoms with van der Waals surface area (Å²) >= 11 is 3.49. The number of amides is 1. The van der Waals surface area contributed by atoms with Gasteiger partial charge < -0.3 is 5.32 Å². The molecule has 0 saturated heterocycles. The van der Waals surface area contributed by atoms with Gasteiger partial charge in [-0.25, -0.2) is 4.99 Å². The molecule has 1 N–H and O–H groups in total. The number of hydrogen-bond donors (Lipinski definition) is 1. The largest absolute Gasteiger partial charge is 0.351 e. The third-order valence-corrected chi connectivity index (χ3v) is 5.39. The Labute approximate surface area is 178 Å². The molecule has 0 radical (unpaired) electrons. The second-order valence-electron chi connectivity index (χ2n) is 6.93. The van der Waals surface area contributed by atoms with Gasteiger partial charge in [0.15, 0.2) is 5.84 Å². The molecule has 3 aromatic carbocycles. The van der Waals surface area contributed by atoms with E-state index in [4.69, 9.17) is 4.99 Å². The van der Waals surface area contributed by atoms with Crippen molar-refractivity contribution in [1.29, 1.82) is 0 Å². The molecule has 0 fully saturated rings. The van der Waals surface area contributed by atoms with Crippen LogP contribution in [0.1, 0.15) is 11.1 Å². The van der Waals surface area contributed by atoms with Crippen molar-refractivity contribution >= 4 is 44.7 Å². The molecule has 0 spiro atoms. The van der Waals surface area contributed by atoms with Crippen molar-refractivity contribution in [2.45, 2.75) is 13.8 Å². The number of nitrogens with one attached hydrogen (secondary N) is 1. The Morgan fingerprint density at radius 2 is 1.41 bits per heavy atom. The molecule has 29 heavy (non-hydrogen) atoms. The normalized spacial score (nSPS) is 15.3. The minimum Gasteiger partial charge on any atom is -0.351 e. The summed E-state index contributed by atoms with van der Waals surface area (Å²) in [4.78, 5) is 19.6. The van der Waals surface area contributed by atoms with Gasteiger partial charge in [-0.2, -0.15) is 0 Å². The van der Waals surface area contributed by atoms with E-state index >= 15 is 0 Å². The van der Waals surface area contributed by atoms with E-state index in [9.17, 15) is 4.79 Å². The van der Waals surface area contributed by atoms with Gasteiger partial charge in [-0.1, -0.05) is 53.6 Å². The predicted molar refractivity (Wildman–Crippen MR) is 123 cm³/mol. The zero-order valence-electron chi connectivity index (χ0n) is 16.2. The average molecular weight is 446 g/mol. The molecule has 5 heteroatoms. The number of aliphatic imine (C=N–C) groups is 1. The minimum atomic E-state index is -0.156. The molecule has 1 amide bonds. The first-order valence-corrected chi connectivity index (χ1v) is 10.1. The van der Waals surface area contributed by atoms with Crippen molar-refractivity contribution in [3.05, 3.63) is 100 Å². The van der Waals surface area contributed by atoms with Crippen LogP contribution in [-0.2, 0) is 4.79 Å². The van der Waals surface area contributed by atoms with Crippen molar-refractivity contribution in [1.82, 2.24) is 0 Å². The van der Waals surface area contributed by atoms with Gasteiger partial charge in [-0.3, -0.25) is 9.69 Å². The molecule has 0 bridgehead atoms. The molecule has 144 valence electrons. The number of anilines is 2. The SMILES string of the molecule is Cc1ccc(N=C2C(Nc3ccc(C)cc3)=C(Br)C(=O)N2c2ccccc2)cc1. The standard InChI is InChI=1S/C24H20BrN3O/c1-16-8-12-18(13-9-16)26-22-21(25)24(29)28(20-6-4-3-5-7-20)23(22)27-19-14-10-17(2)11-15-19/h3-15,26H,1-2H3. The van der Waals surface area contributed by atoms with Crippen LogP contribution in [0, 0.1) is 13.8 Å². The topological polar surface area (TPSA) is 44.7 Å². The fraction of sp³-hybridized carbons (Fsp3) is 0.0833. The molecule has 0 unspecified atom stereocenters. The lowest BCUT2D eigenvalue weighted by Crippen LogP contribution is -2.32. The molecular weight excluding hydrogens is 426 g/mol. The number of aryl methyl sites for hydroxylation is 2. The van der Waals surface area contributed by atoms with Crippen molar-refractivity contribution in [2.24, 2.45) is 4.99 Å². The van der Waals surface area contributed by atoms with Crippen LogP contribution < -0.4 is 10.2 Å². The molecule has 0 saturated carbocycles. The number of carbonyl (C=O) groups excluding carboxylic acids is 1. The Morgan fingerprint density at radius 1 is 0.828 bits per heavy atom. The van der Waals surface area contributed by atoms with Crippen LogP contribution in [0.3, 0.4) is 0 Å². The molecule has 0 aliphatic carbocycles. The van der Waals surface area contributed by atoms with Crippen LogP contribution in [0.25, 0.3) is 0 Å². The zero-order valence-corrected chi connectivity index (χ0v) is 17.8. The molecule has 4 nitrogen and oxygen atoms in total. The number of rotatable bonds is 4. The summed E-state index contributed by atoms with van der Waals surface area (Å²) in [6, 6.07) is 25.5. The molecule has 4 rings (SSSR count). The van der Waals surface area contributed by atoms with E-state index < -0.39 is 0 Å². The van der Waals surface area contributed by atoms with Gasteiger partial charge in [0.25, 0.3) is 5.91 Å². The van der Waals surface area contributed by atoms with E-state index in [1.54, 1.807) is 4.90 Å².